The van der Waals surface area contributed by atoms with Crippen molar-refractivity contribution in [2.45, 2.75) is 62.6 Å². The Morgan fingerprint density at radius 2 is 1.62 bits per heavy atom. The van der Waals surface area contributed by atoms with E-state index in [1.54, 1.807) is 12.1 Å². The second-order valence-corrected chi connectivity index (χ2v) is 9.64. The van der Waals surface area contributed by atoms with Crippen molar-refractivity contribution in [3.63, 3.8) is 0 Å². The van der Waals surface area contributed by atoms with E-state index in [-0.39, 0.29) is 22.0 Å². The number of benzene rings is 1. The number of hydrogen-bond donors (Lipinski definition) is 2. The van der Waals surface area contributed by atoms with Crippen LogP contribution in [-0.2, 0) is 10.0 Å². The molecule has 0 spiro atoms. The van der Waals surface area contributed by atoms with Gasteiger partial charge in [-0.05, 0) is 52.7 Å². The first-order valence-corrected chi connectivity index (χ1v) is 9.76. The number of rotatable bonds is 3. The molecule has 2 N–H and O–H groups in total. The molecule has 2 aliphatic heterocycles. The van der Waals surface area contributed by atoms with E-state index in [9.17, 15) is 8.42 Å². The third-order valence-corrected chi connectivity index (χ3v) is 5.85. The van der Waals surface area contributed by atoms with Crippen LogP contribution in [0.15, 0.2) is 23.1 Å². The molecule has 1 aromatic carbocycles. The lowest BCUT2D eigenvalue weighted by atomic mass is 9.80. The van der Waals surface area contributed by atoms with E-state index < -0.39 is 10.0 Å². The summed E-state index contributed by atoms with van der Waals surface area (Å²) in [6.45, 7) is 9.30. The van der Waals surface area contributed by atoms with Crippen LogP contribution in [0.3, 0.4) is 0 Å². The molecule has 2 aliphatic rings. The summed E-state index contributed by atoms with van der Waals surface area (Å²) < 4.78 is 39.4. The van der Waals surface area contributed by atoms with Crippen molar-refractivity contribution in [1.29, 1.82) is 0 Å². The third-order valence-electron chi connectivity index (χ3n) is 4.34. The van der Waals surface area contributed by atoms with Crippen molar-refractivity contribution in [3.8, 4) is 11.5 Å². The highest BCUT2D eigenvalue weighted by molar-refractivity contribution is 7.89. The molecule has 3 rings (SSSR count). The Labute approximate surface area is 144 Å². The molecule has 1 saturated heterocycles. The summed E-state index contributed by atoms with van der Waals surface area (Å²) in [7, 11) is -3.61. The van der Waals surface area contributed by atoms with E-state index in [2.05, 4.69) is 37.7 Å². The minimum Gasteiger partial charge on any atom is -0.486 e. The van der Waals surface area contributed by atoms with Crippen LogP contribution >= 0.6 is 0 Å². The Hall–Kier alpha value is -1.31. The molecule has 0 bridgehead atoms. The largest absolute Gasteiger partial charge is 0.486 e. The summed E-state index contributed by atoms with van der Waals surface area (Å²) in [6, 6.07) is 4.63. The van der Waals surface area contributed by atoms with Crippen LogP contribution in [0.5, 0.6) is 11.5 Å². The fraction of sp³-hybridized carbons (Fsp3) is 0.647. The number of nitrogens with one attached hydrogen (secondary N) is 2. The van der Waals surface area contributed by atoms with Crippen molar-refractivity contribution in [2.24, 2.45) is 0 Å². The highest BCUT2D eigenvalue weighted by atomic mass is 32.2. The van der Waals surface area contributed by atoms with Gasteiger partial charge >= 0.3 is 0 Å². The van der Waals surface area contributed by atoms with Crippen LogP contribution in [0.4, 0.5) is 0 Å². The van der Waals surface area contributed by atoms with E-state index in [0.29, 0.717) is 24.7 Å². The molecule has 0 aromatic heterocycles. The number of hydrogen-bond acceptors (Lipinski definition) is 5. The molecule has 7 heteroatoms. The van der Waals surface area contributed by atoms with Crippen LogP contribution in [-0.4, -0.2) is 38.8 Å². The molecule has 0 atom stereocenters. The fourth-order valence-electron chi connectivity index (χ4n) is 3.88. The first-order valence-electron chi connectivity index (χ1n) is 8.28. The molecule has 1 aromatic rings. The van der Waals surface area contributed by atoms with Gasteiger partial charge < -0.3 is 14.8 Å². The molecule has 134 valence electrons. The lowest BCUT2D eigenvalue weighted by Gasteiger charge is -2.46. The molecule has 0 amide bonds. The van der Waals surface area contributed by atoms with Gasteiger partial charge in [0.15, 0.2) is 11.5 Å². The van der Waals surface area contributed by atoms with E-state index in [1.165, 1.54) is 6.07 Å². The highest BCUT2D eigenvalue weighted by Crippen LogP contribution is 2.33. The van der Waals surface area contributed by atoms with E-state index >= 15 is 0 Å². The highest BCUT2D eigenvalue weighted by Gasteiger charge is 2.39. The van der Waals surface area contributed by atoms with E-state index in [1.807, 2.05) is 0 Å². The Balaban J connectivity index is 1.81. The average molecular weight is 354 g/mol. The standard InChI is InChI=1S/C17H26N2O4S/c1-16(2)10-12(11-17(3,4)19-16)18-24(20,21)13-5-6-14-15(9-13)23-8-7-22-14/h5-6,9,12,18-19H,7-8,10-11H2,1-4H3. The van der Waals surface area contributed by atoms with Crippen LogP contribution in [0.2, 0.25) is 0 Å². The molecule has 6 nitrogen and oxygen atoms in total. The quantitative estimate of drug-likeness (QED) is 0.869. The topological polar surface area (TPSA) is 76.7 Å². The number of sulfonamides is 1. The lowest BCUT2D eigenvalue weighted by Crippen LogP contribution is -2.62. The Morgan fingerprint density at radius 3 is 2.25 bits per heavy atom. The lowest BCUT2D eigenvalue weighted by molar-refractivity contribution is 0.157. The molecule has 0 radical (unpaired) electrons. The Kier molecular flexibility index (Phi) is 4.30. The van der Waals surface area contributed by atoms with Gasteiger partial charge in [-0.15, -0.1) is 0 Å². The van der Waals surface area contributed by atoms with Gasteiger partial charge in [-0.1, -0.05) is 0 Å². The molecule has 1 fully saturated rings. The fourth-order valence-corrected chi connectivity index (χ4v) is 5.13. The SMILES string of the molecule is CC1(C)CC(NS(=O)(=O)c2ccc3c(c2)OCCO3)CC(C)(C)N1. The molecule has 0 unspecified atom stereocenters. The van der Waals surface area contributed by atoms with Gasteiger partial charge in [0.2, 0.25) is 10.0 Å². The predicted molar refractivity (Wildman–Crippen MR) is 92.1 cm³/mol. The number of fused-ring (bicyclic) bond motifs is 1. The summed E-state index contributed by atoms with van der Waals surface area (Å²) in [5, 5.41) is 3.56. The van der Waals surface area contributed by atoms with Gasteiger partial charge in [-0.2, -0.15) is 0 Å². The third kappa shape index (κ3) is 3.84. The minimum absolute atomic E-state index is 0.116. The normalized spacial score (nSPS) is 23.0. The van der Waals surface area contributed by atoms with Crippen molar-refractivity contribution >= 4 is 10.0 Å². The average Bonchev–Trinajstić information content (AvgIpc) is 2.42. The van der Waals surface area contributed by atoms with Gasteiger partial charge in [-0.25, -0.2) is 13.1 Å². The summed E-state index contributed by atoms with van der Waals surface area (Å²) in [5.41, 5.74) is -0.247. The zero-order valence-electron chi connectivity index (χ0n) is 14.7. The molecule has 0 aliphatic carbocycles. The maximum atomic E-state index is 12.8. The van der Waals surface area contributed by atoms with E-state index in [4.69, 9.17) is 9.47 Å². The van der Waals surface area contributed by atoms with Crippen molar-refractivity contribution in [2.75, 3.05) is 13.2 Å². The summed E-state index contributed by atoms with van der Waals surface area (Å²) in [5.74, 6) is 1.07. The van der Waals surface area contributed by atoms with Gasteiger partial charge in [0.25, 0.3) is 0 Å². The zero-order valence-corrected chi connectivity index (χ0v) is 15.5. The first-order chi connectivity index (χ1) is 11.1. The van der Waals surface area contributed by atoms with Gasteiger partial charge in [0.05, 0.1) is 4.90 Å². The monoisotopic (exact) mass is 354 g/mol. The number of piperidine rings is 1. The molecule has 2 heterocycles. The zero-order chi connectivity index (χ0) is 17.6. The maximum absolute atomic E-state index is 12.8. The number of ether oxygens (including phenoxy) is 2. The van der Waals surface area contributed by atoms with Gasteiger partial charge in [0.1, 0.15) is 13.2 Å². The van der Waals surface area contributed by atoms with Gasteiger partial charge in [0, 0.05) is 23.2 Å². The van der Waals surface area contributed by atoms with Crippen LogP contribution in [0, 0.1) is 0 Å². The summed E-state index contributed by atoms with van der Waals surface area (Å²) in [6.07, 6.45) is 1.47. The Morgan fingerprint density at radius 1 is 1.04 bits per heavy atom. The van der Waals surface area contributed by atoms with Crippen LogP contribution in [0.1, 0.15) is 40.5 Å². The molecular weight excluding hydrogens is 328 g/mol. The van der Waals surface area contributed by atoms with Gasteiger partial charge in [-0.3, -0.25) is 0 Å². The second kappa shape index (κ2) is 5.89. The van der Waals surface area contributed by atoms with Crippen molar-refractivity contribution < 1.29 is 17.9 Å². The van der Waals surface area contributed by atoms with Crippen LogP contribution < -0.4 is 19.5 Å². The van der Waals surface area contributed by atoms with Crippen LogP contribution in [0.25, 0.3) is 0 Å². The first kappa shape index (κ1) is 17.5. The summed E-state index contributed by atoms with van der Waals surface area (Å²) >= 11 is 0. The molecular formula is C17H26N2O4S. The minimum atomic E-state index is -3.61. The van der Waals surface area contributed by atoms with E-state index in [0.717, 1.165) is 12.8 Å². The smallest absolute Gasteiger partial charge is 0.240 e. The second-order valence-electron chi connectivity index (χ2n) is 7.92. The molecule has 24 heavy (non-hydrogen) atoms. The van der Waals surface area contributed by atoms with Crippen molar-refractivity contribution in [3.05, 3.63) is 18.2 Å². The Bertz CT molecular complexity index is 712. The van der Waals surface area contributed by atoms with Crippen molar-refractivity contribution in [1.82, 2.24) is 10.0 Å². The summed E-state index contributed by atoms with van der Waals surface area (Å²) in [4.78, 5) is 0.209. The maximum Gasteiger partial charge on any atom is 0.240 e. The molecule has 0 saturated carbocycles. The predicted octanol–water partition coefficient (Wildman–Crippen LogP) is 2.05.